The van der Waals surface area contributed by atoms with Crippen LogP contribution in [0.1, 0.15) is 194 Å². The van der Waals surface area contributed by atoms with Gasteiger partial charge in [-0.3, -0.25) is 18.6 Å². The summed E-state index contributed by atoms with van der Waals surface area (Å²) in [4.78, 5) is 34.8. The van der Waals surface area contributed by atoms with E-state index in [0.717, 1.165) is 57.8 Å². The molecule has 0 aromatic rings. The Kier molecular flexibility index (Phi) is 38.6. The van der Waals surface area contributed by atoms with Crippen molar-refractivity contribution in [3.05, 3.63) is 36.5 Å². The smallest absolute Gasteiger partial charge is 0.462 e. The van der Waals surface area contributed by atoms with E-state index in [0.29, 0.717) is 6.42 Å². The van der Waals surface area contributed by atoms with Crippen molar-refractivity contribution in [3.63, 3.8) is 0 Å². The van der Waals surface area contributed by atoms with Gasteiger partial charge in [-0.15, -0.1) is 0 Å². The third-order valence-corrected chi connectivity index (χ3v) is 10.0. The number of carbonyl (C=O) groups excluding carboxylic acids is 2. The van der Waals surface area contributed by atoms with Crippen molar-refractivity contribution in [2.24, 2.45) is 5.73 Å². The second-order valence-corrected chi connectivity index (χ2v) is 15.7. The molecule has 0 aliphatic rings. The number of hydrogen-bond donors (Lipinski definition) is 2. The lowest BCUT2D eigenvalue weighted by Gasteiger charge is -2.19. The maximum absolute atomic E-state index is 12.6. The highest BCUT2D eigenvalue weighted by atomic mass is 31.2. The van der Waals surface area contributed by atoms with Gasteiger partial charge in [0.05, 0.1) is 13.2 Å². The molecule has 0 bridgehead atoms. The molecule has 0 radical (unpaired) electrons. The SMILES string of the molecule is CCCCCC=CCC=CCC=CCCCCCCC(=O)O[C@H](COC(=O)CCCCCCCCCCCCCCCCC)COP(=O)(O)OCCN. The van der Waals surface area contributed by atoms with Crippen molar-refractivity contribution in [1.29, 1.82) is 0 Å². The number of rotatable bonds is 40. The van der Waals surface area contributed by atoms with Crippen LogP contribution in [0.15, 0.2) is 36.5 Å². The van der Waals surface area contributed by atoms with Crippen molar-refractivity contribution >= 4 is 19.8 Å². The van der Waals surface area contributed by atoms with Gasteiger partial charge in [-0.2, -0.15) is 0 Å². The number of hydrogen-bond acceptors (Lipinski definition) is 8. The minimum Gasteiger partial charge on any atom is -0.462 e. The van der Waals surface area contributed by atoms with E-state index in [4.69, 9.17) is 24.3 Å². The van der Waals surface area contributed by atoms with Gasteiger partial charge >= 0.3 is 19.8 Å². The Bertz CT molecular complexity index is 970. The maximum atomic E-state index is 12.6. The molecule has 0 aliphatic heterocycles. The fourth-order valence-corrected chi connectivity index (χ4v) is 6.58. The first kappa shape index (κ1) is 51.2. The Morgan fingerprint density at radius 1 is 0.566 bits per heavy atom. The predicted molar refractivity (Wildman–Crippen MR) is 220 cm³/mol. The minimum absolute atomic E-state index is 0.0498. The van der Waals surface area contributed by atoms with E-state index in [1.807, 2.05) is 0 Å². The van der Waals surface area contributed by atoms with E-state index in [1.54, 1.807) is 0 Å². The fraction of sp³-hybridized carbons (Fsp3) is 0.814. The van der Waals surface area contributed by atoms with E-state index < -0.39 is 26.5 Å². The molecule has 53 heavy (non-hydrogen) atoms. The van der Waals surface area contributed by atoms with Crippen molar-refractivity contribution in [1.82, 2.24) is 0 Å². The van der Waals surface area contributed by atoms with Crippen LogP contribution in [-0.4, -0.2) is 49.3 Å². The summed E-state index contributed by atoms with van der Waals surface area (Å²) in [6, 6.07) is 0. The van der Waals surface area contributed by atoms with Crippen LogP contribution < -0.4 is 5.73 Å². The third kappa shape index (κ3) is 39.7. The largest absolute Gasteiger partial charge is 0.472 e. The molecule has 310 valence electrons. The molecule has 2 atom stereocenters. The first-order chi connectivity index (χ1) is 25.8. The number of allylic oxidation sites excluding steroid dienone is 6. The zero-order valence-corrected chi connectivity index (χ0v) is 34.9. The molecule has 10 heteroatoms. The molecule has 0 saturated heterocycles. The average molecular weight is 770 g/mol. The average Bonchev–Trinajstić information content (AvgIpc) is 3.14. The second kappa shape index (κ2) is 39.9. The Hall–Kier alpha value is -1.77. The summed E-state index contributed by atoms with van der Waals surface area (Å²) in [5, 5.41) is 0. The summed E-state index contributed by atoms with van der Waals surface area (Å²) in [5.74, 6) is -0.849. The molecule has 0 aromatic carbocycles. The van der Waals surface area contributed by atoms with Crippen molar-refractivity contribution in [3.8, 4) is 0 Å². The Labute approximate surface area is 324 Å². The van der Waals surface area contributed by atoms with Crippen LogP contribution >= 0.6 is 7.82 Å². The lowest BCUT2D eigenvalue weighted by atomic mass is 10.0. The summed E-state index contributed by atoms with van der Waals surface area (Å²) in [6.45, 7) is 3.69. The maximum Gasteiger partial charge on any atom is 0.472 e. The number of carbonyl (C=O) groups is 2. The molecule has 3 N–H and O–H groups in total. The number of esters is 2. The molecule has 0 aliphatic carbocycles. The van der Waals surface area contributed by atoms with E-state index in [2.05, 4.69) is 50.3 Å². The second-order valence-electron chi connectivity index (χ2n) is 14.2. The van der Waals surface area contributed by atoms with Crippen molar-refractivity contribution < 1.29 is 37.6 Å². The van der Waals surface area contributed by atoms with Gasteiger partial charge in [-0.1, -0.05) is 166 Å². The molecule has 0 saturated carbocycles. The molecule has 1 unspecified atom stereocenters. The summed E-state index contributed by atoms with van der Waals surface area (Å²) in [7, 11) is -4.38. The Morgan fingerprint density at radius 2 is 0.981 bits per heavy atom. The highest BCUT2D eigenvalue weighted by molar-refractivity contribution is 7.47. The molecular formula is C43H80NO8P. The third-order valence-electron chi connectivity index (χ3n) is 9.03. The summed E-state index contributed by atoms with van der Waals surface area (Å²) >= 11 is 0. The van der Waals surface area contributed by atoms with Gasteiger partial charge in [0.15, 0.2) is 6.10 Å². The predicted octanol–water partition coefficient (Wildman–Crippen LogP) is 12.2. The lowest BCUT2D eigenvalue weighted by Crippen LogP contribution is -2.29. The number of unbranched alkanes of at least 4 members (excludes halogenated alkanes) is 21. The normalized spacial score (nSPS) is 13.7. The van der Waals surface area contributed by atoms with Gasteiger partial charge in [0.25, 0.3) is 0 Å². The molecule has 0 fully saturated rings. The highest BCUT2D eigenvalue weighted by Gasteiger charge is 2.26. The van der Waals surface area contributed by atoms with E-state index >= 15 is 0 Å². The van der Waals surface area contributed by atoms with Crippen LogP contribution in [0.25, 0.3) is 0 Å². The summed E-state index contributed by atoms with van der Waals surface area (Å²) in [5.41, 5.74) is 5.34. The summed E-state index contributed by atoms with van der Waals surface area (Å²) < 4.78 is 32.7. The number of phosphoric ester groups is 1. The van der Waals surface area contributed by atoms with Crippen LogP contribution in [0.5, 0.6) is 0 Å². The van der Waals surface area contributed by atoms with Gasteiger partial charge in [0.2, 0.25) is 0 Å². The highest BCUT2D eigenvalue weighted by Crippen LogP contribution is 2.43. The molecule has 0 amide bonds. The quantitative estimate of drug-likeness (QED) is 0.0270. The Morgan fingerprint density at radius 3 is 1.49 bits per heavy atom. The zero-order chi connectivity index (χ0) is 38.9. The van der Waals surface area contributed by atoms with Crippen LogP contribution in [0.4, 0.5) is 0 Å². The van der Waals surface area contributed by atoms with Gasteiger partial charge < -0.3 is 20.1 Å². The first-order valence-corrected chi connectivity index (χ1v) is 23.0. The molecule has 0 rings (SSSR count). The number of nitrogens with two attached hydrogens (primary N) is 1. The van der Waals surface area contributed by atoms with Crippen molar-refractivity contribution in [2.45, 2.75) is 200 Å². The first-order valence-electron chi connectivity index (χ1n) is 21.5. The standard InChI is InChI=1S/C43H80NO8P/c1-3-5-7-9-11-13-15-17-19-20-22-24-26-28-30-32-34-36-43(46)52-41(40-51-53(47,48)50-38-37-44)39-49-42(45)35-33-31-29-27-25-23-21-18-16-14-12-10-8-6-4-2/h11,13,17,19,22,24,41H,3-10,12,14-16,18,20-21,23,25-40,44H2,1-2H3,(H,47,48)/t41-/m1/s1. The minimum atomic E-state index is -4.38. The van der Waals surface area contributed by atoms with Crippen LogP contribution in [0.2, 0.25) is 0 Å². The monoisotopic (exact) mass is 770 g/mol. The van der Waals surface area contributed by atoms with Crippen LogP contribution in [-0.2, 0) is 32.7 Å². The molecule has 0 spiro atoms. The molecule has 0 heterocycles. The van der Waals surface area contributed by atoms with Gasteiger partial charge in [0.1, 0.15) is 6.61 Å². The lowest BCUT2D eigenvalue weighted by molar-refractivity contribution is -0.161. The van der Waals surface area contributed by atoms with Crippen LogP contribution in [0.3, 0.4) is 0 Å². The van der Waals surface area contributed by atoms with Crippen LogP contribution in [0, 0.1) is 0 Å². The van der Waals surface area contributed by atoms with E-state index in [-0.39, 0.29) is 38.6 Å². The van der Waals surface area contributed by atoms with Gasteiger partial charge in [0, 0.05) is 19.4 Å². The molecule has 9 nitrogen and oxygen atoms in total. The zero-order valence-electron chi connectivity index (χ0n) is 34.0. The number of ether oxygens (including phenoxy) is 2. The summed E-state index contributed by atoms with van der Waals surface area (Å²) in [6.07, 6.45) is 43.1. The van der Waals surface area contributed by atoms with E-state index in [9.17, 15) is 19.0 Å². The van der Waals surface area contributed by atoms with E-state index in [1.165, 1.54) is 103 Å². The van der Waals surface area contributed by atoms with Gasteiger partial charge in [-0.25, -0.2) is 4.57 Å². The number of phosphoric acid groups is 1. The fourth-order valence-electron chi connectivity index (χ4n) is 5.82. The molecular weight excluding hydrogens is 689 g/mol. The topological polar surface area (TPSA) is 134 Å². The van der Waals surface area contributed by atoms with Gasteiger partial charge in [-0.05, 0) is 51.4 Å². The molecule has 0 aromatic heterocycles. The van der Waals surface area contributed by atoms with Crippen molar-refractivity contribution in [2.75, 3.05) is 26.4 Å². The Balaban J connectivity index is 4.20.